The van der Waals surface area contributed by atoms with E-state index in [-0.39, 0.29) is 0 Å². The molecule has 0 aliphatic heterocycles. The molecule has 0 saturated carbocycles. The Morgan fingerprint density at radius 1 is 0.952 bits per heavy atom. The number of aryl methyl sites for hydroxylation is 1. The minimum Gasteiger partial charge on any atom is -0.314 e. The zero-order valence-corrected chi connectivity index (χ0v) is 15.2. The maximum Gasteiger partial charge on any atom is 0.0130 e. The van der Waals surface area contributed by atoms with Crippen molar-refractivity contribution in [2.24, 2.45) is 0 Å². The van der Waals surface area contributed by atoms with Gasteiger partial charge < -0.3 is 5.32 Å². The second-order valence-corrected chi connectivity index (χ2v) is 7.25. The highest BCUT2D eigenvalue weighted by Crippen LogP contribution is 2.22. The van der Waals surface area contributed by atoms with Gasteiger partial charge in [-0.05, 0) is 59.2 Å². The number of rotatable bonds is 6. The molecule has 1 nitrogen and oxygen atoms in total. The van der Waals surface area contributed by atoms with Crippen molar-refractivity contribution in [1.82, 2.24) is 5.32 Å². The molecule has 0 aromatic heterocycles. The first-order valence-corrected chi connectivity index (χ1v) is 8.67. The van der Waals surface area contributed by atoms with E-state index in [2.05, 4.69) is 97.2 Å². The average Bonchev–Trinajstić information content (AvgIpc) is 2.46. The van der Waals surface area contributed by atoms with Gasteiger partial charge in [-0.2, -0.15) is 0 Å². The highest BCUT2D eigenvalue weighted by molar-refractivity contribution is 14.1. The molecule has 0 aliphatic carbocycles. The van der Waals surface area contributed by atoms with Crippen LogP contribution in [-0.4, -0.2) is 12.6 Å². The van der Waals surface area contributed by atoms with E-state index >= 15 is 0 Å². The molecule has 0 radical (unpaired) electrons. The standard InChI is InChI=1S/C19H24IN/c1-14(2)21-13-18(17-8-4-15(3)5-9-17)12-16-6-10-19(20)11-7-16/h4-11,14,18,21H,12-13H2,1-3H3. The van der Waals surface area contributed by atoms with E-state index in [1.807, 2.05) is 0 Å². The summed E-state index contributed by atoms with van der Waals surface area (Å²) < 4.78 is 1.29. The van der Waals surface area contributed by atoms with Crippen LogP contribution in [0.25, 0.3) is 0 Å². The second kappa shape index (κ2) is 7.95. The summed E-state index contributed by atoms with van der Waals surface area (Å²) in [4.78, 5) is 0. The van der Waals surface area contributed by atoms with Gasteiger partial charge in [0.15, 0.2) is 0 Å². The van der Waals surface area contributed by atoms with Gasteiger partial charge in [-0.3, -0.25) is 0 Å². The average molecular weight is 393 g/mol. The van der Waals surface area contributed by atoms with Gasteiger partial charge in [0.1, 0.15) is 0 Å². The Labute approximate surface area is 142 Å². The van der Waals surface area contributed by atoms with Gasteiger partial charge in [-0.15, -0.1) is 0 Å². The summed E-state index contributed by atoms with van der Waals surface area (Å²) in [7, 11) is 0. The first-order valence-electron chi connectivity index (χ1n) is 7.59. The van der Waals surface area contributed by atoms with Crippen LogP contribution in [0.4, 0.5) is 0 Å². The molecule has 112 valence electrons. The lowest BCUT2D eigenvalue weighted by Gasteiger charge is -2.20. The van der Waals surface area contributed by atoms with Crippen LogP contribution in [0.1, 0.15) is 36.5 Å². The lowest BCUT2D eigenvalue weighted by atomic mass is 9.91. The van der Waals surface area contributed by atoms with E-state index < -0.39 is 0 Å². The Balaban J connectivity index is 2.14. The van der Waals surface area contributed by atoms with Crippen LogP contribution in [0.5, 0.6) is 0 Å². The molecule has 21 heavy (non-hydrogen) atoms. The summed E-state index contributed by atoms with van der Waals surface area (Å²) in [6.07, 6.45) is 1.08. The fourth-order valence-corrected chi connectivity index (χ4v) is 2.79. The Kier molecular flexibility index (Phi) is 6.24. The minimum atomic E-state index is 0.521. The lowest BCUT2D eigenvalue weighted by molar-refractivity contribution is 0.527. The molecule has 0 amide bonds. The minimum absolute atomic E-state index is 0.521. The number of halogens is 1. The van der Waals surface area contributed by atoms with Crippen LogP contribution in [-0.2, 0) is 6.42 Å². The van der Waals surface area contributed by atoms with E-state index in [9.17, 15) is 0 Å². The number of benzene rings is 2. The van der Waals surface area contributed by atoms with Crippen molar-refractivity contribution >= 4 is 22.6 Å². The molecule has 0 spiro atoms. The highest BCUT2D eigenvalue weighted by atomic mass is 127. The van der Waals surface area contributed by atoms with E-state index in [0.29, 0.717) is 12.0 Å². The van der Waals surface area contributed by atoms with Crippen LogP contribution in [0.2, 0.25) is 0 Å². The number of hydrogen-bond donors (Lipinski definition) is 1. The van der Waals surface area contributed by atoms with E-state index in [1.165, 1.54) is 20.3 Å². The largest absolute Gasteiger partial charge is 0.314 e. The van der Waals surface area contributed by atoms with Gasteiger partial charge in [-0.1, -0.05) is 55.8 Å². The van der Waals surface area contributed by atoms with Gasteiger partial charge in [0.2, 0.25) is 0 Å². The topological polar surface area (TPSA) is 12.0 Å². The van der Waals surface area contributed by atoms with Crippen LogP contribution in [0.15, 0.2) is 48.5 Å². The Morgan fingerprint density at radius 2 is 1.57 bits per heavy atom. The molecule has 1 N–H and O–H groups in total. The molecule has 2 aromatic carbocycles. The van der Waals surface area contributed by atoms with Crippen molar-refractivity contribution in [2.45, 2.75) is 39.2 Å². The van der Waals surface area contributed by atoms with Crippen molar-refractivity contribution in [1.29, 1.82) is 0 Å². The summed E-state index contributed by atoms with van der Waals surface area (Å²) >= 11 is 2.36. The van der Waals surface area contributed by atoms with Gasteiger partial charge >= 0.3 is 0 Å². The Hall–Kier alpha value is -0.870. The number of hydrogen-bond acceptors (Lipinski definition) is 1. The first kappa shape index (κ1) is 16.5. The summed E-state index contributed by atoms with van der Waals surface area (Å²) in [5.74, 6) is 0.521. The van der Waals surface area contributed by atoms with Crippen LogP contribution < -0.4 is 5.32 Å². The Bertz CT molecular complexity index is 543. The molecule has 0 saturated heterocycles. The molecule has 1 unspecified atom stereocenters. The smallest absolute Gasteiger partial charge is 0.0130 e. The first-order chi connectivity index (χ1) is 10.0. The fourth-order valence-electron chi connectivity index (χ4n) is 2.43. The highest BCUT2D eigenvalue weighted by Gasteiger charge is 2.13. The molecule has 0 heterocycles. The summed E-state index contributed by atoms with van der Waals surface area (Å²) in [6.45, 7) is 7.57. The zero-order chi connectivity index (χ0) is 15.2. The van der Waals surface area contributed by atoms with Crippen molar-refractivity contribution in [3.63, 3.8) is 0 Å². The predicted octanol–water partition coefficient (Wildman–Crippen LogP) is 4.92. The van der Waals surface area contributed by atoms with E-state index in [4.69, 9.17) is 0 Å². The summed E-state index contributed by atoms with van der Waals surface area (Å²) in [6, 6.07) is 18.4. The molecular formula is C19H24IN. The molecule has 0 fully saturated rings. The van der Waals surface area contributed by atoms with Crippen LogP contribution in [0.3, 0.4) is 0 Å². The molecule has 0 bridgehead atoms. The van der Waals surface area contributed by atoms with E-state index in [0.717, 1.165) is 13.0 Å². The number of nitrogens with one attached hydrogen (secondary N) is 1. The molecule has 2 aromatic rings. The Morgan fingerprint density at radius 3 is 2.14 bits per heavy atom. The lowest BCUT2D eigenvalue weighted by Crippen LogP contribution is -2.29. The van der Waals surface area contributed by atoms with Crippen molar-refractivity contribution in [2.75, 3.05) is 6.54 Å². The van der Waals surface area contributed by atoms with E-state index in [1.54, 1.807) is 0 Å². The fraction of sp³-hybridized carbons (Fsp3) is 0.368. The third-order valence-corrected chi connectivity index (χ3v) is 4.44. The second-order valence-electron chi connectivity index (χ2n) is 6.00. The van der Waals surface area contributed by atoms with Crippen molar-refractivity contribution < 1.29 is 0 Å². The summed E-state index contributed by atoms with van der Waals surface area (Å²) in [5.41, 5.74) is 4.16. The molecule has 0 aliphatic rings. The normalized spacial score (nSPS) is 12.6. The molecular weight excluding hydrogens is 369 g/mol. The third kappa shape index (κ3) is 5.44. The van der Waals surface area contributed by atoms with Crippen molar-refractivity contribution in [3.8, 4) is 0 Å². The molecule has 2 heteroatoms. The van der Waals surface area contributed by atoms with Gasteiger partial charge in [0.25, 0.3) is 0 Å². The SMILES string of the molecule is Cc1ccc(C(CNC(C)C)Cc2ccc(I)cc2)cc1. The maximum atomic E-state index is 3.59. The maximum absolute atomic E-state index is 3.59. The third-order valence-electron chi connectivity index (χ3n) is 3.72. The van der Waals surface area contributed by atoms with Gasteiger partial charge in [0.05, 0.1) is 0 Å². The summed E-state index contributed by atoms with van der Waals surface area (Å²) in [5, 5.41) is 3.59. The van der Waals surface area contributed by atoms with Crippen LogP contribution >= 0.6 is 22.6 Å². The molecule has 1 atom stereocenters. The quantitative estimate of drug-likeness (QED) is 0.687. The zero-order valence-electron chi connectivity index (χ0n) is 13.1. The van der Waals surface area contributed by atoms with Gasteiger partial charge in [0, 0.05) is 22.1 Å². The van der Waals surface area contributed by atoms with Gasteiger partial charge in [-0.25, -0.2) is 0 Å². The van der Waals surface area contributed by atoms with Crippen LogP contribution in [0, 0.1) is 10.5 Å². The molecule has 2 rings (SSSR count). The monoisotopic (exact) mass is 393 g/mol. The van der Waals surface area contributed by atoms with Crippen molar-refractivity contribution in [3.05, 3.63) is 68.8 Å². The predicted molar refractivity (Wildman–Crippen MR) is 99.9 cm³/mol.